The highest BCUT2D eigenvalue weighted by atomic mass is 16.3. The molecule has 0 amide bonds. The van der Waals surface area contributed by atoms with Gasteiger partial charge in [0.05, 0.1) is 11.7 Å². The second-order valence-corrected chi connectivity index (χ2v) is 12.2. The lowest BCUT2D eigenvalue weighted by Gasteiger charge is -2.62. The maximum absolute atomic E-state index is 10.7. The topological polar surface area (TPSA) is 40.5 Å². The molecule has 0 heterocycles. The van der Waals surface area contributed by atoms with Gasteiger partial charge in [0.2, 0.25) is 0 Å². The number of fused-ring (bicyclic) bond motifs is 5. The quantitative estimate of drug-likeness (QED) is 0.575. The first-order chi connectivity index (χ1) is 13.2. The summed E-state index contributed by atoms with van der Waals surface area (Å²) in [5.74, 6) is 4.41. The van der Waals surface area contributed by atoms with Crippen molar-refractivity contribution >= 4 is 0 Å². The van der Waals surface area contributed by atoms with Crippen molar-refractivity contribution in [2.24, 2.45) is 40.4 Å². The first kappa shape index (κ1) is 21.2. The summed E-state index contributed by atoms with van der Waals surface area (Å²) in [5, 5.41) is 20.6. The van der Waals surface area contributed by atoms with Crippen LogP contribution in [-0.4, -0.2) is 21.9 Å². The number of aliphatic hydroxyl groups excluding tert-OH is 1. The van der Waals surface area contributed by atoms with E-state index in [1.807, 2.05) is 0 Å². The maximum atomic E-state index is 10.7. The molecule has 0 aromatic heterocycles. The van der Waals surface area contributed by atoms with Gasteiger partial charge in [-0.3, -0.25) is 0 Å². The van der Waals surface area contributed by atoms with Gasteiger partial charge in [-0.15, -0.1) is 0 Å². The molecule has 0 saturated heterocycles. The van der Waals surface area contributed by atoms with E-state index in [1.165, 1.54) is 57.8 Å². The molecule has 0 aromatic rings. The molecular weight excluding hydrogens is 344 g/mol. The second kappa shape index (κ2) is 7.56. The van der Waals surface area contributed by atoms with E-state index in [-0.39, 0.29) is 6.10 Å². The van der Waals surface area contributed by atoms with E-state index >= 15 is 0 Å². The molecular formula is C26H46O2. The van der Waals surface area contributed by atoms with E-state index in [9.17, 15) is 10.2 Å². The predicted molar refractivity (Wildman–Crippen MR) is 116 cm³/mol. The molecule has 0 aromatic carbocycles. The van der Waals surface area contributed by atoms with Crippen molar-refractivity contribution in [3.8, 4) is 0 Å². The first-order valence-corrected chi connectivity index (χ1v) is 12.6. The molecule has 0 aliphatic heterocycles. The molecule has 0 radical (unpaired) electrons. The smallest absolute Gasteiger partial charge is 0.0622 e. The summed E-state index contributed by atoms with van der Waals surface area (Å²) in [6.07, 6.45) is 16.2. The van der Waals surface area contributed by atoms with Gasteiger partial charge in [0.1, 0.15) is 0 Å². The molecule has 4 saturated carbocycles. The van der Waals surface area contributed by atoms with Crippen LogP contribution in [0.1, 0.15) is 111 Å². The van der Waals surface area contributed by atoms with Crippen molar-refractivity contribution < 1.29 is 10.2 Å². The van der Waals surface area contributed by atoms with Gasteiger partial charge in [-0.05, 0) is 124 Å². The zero-order valence-electron chi connectivity index (χ0n) is 19.1. The summed E-state index contributed by atoms with van der Waals surface area (Å²) < 4.78 is 0. The van der Waals surface area contributed by atoms with E-state index in [2.05, 4.69) is 27.7 Å². The summed E-state index contributed by atoms with van der Waals surface area (Å²) in [4.78, 5) is 0. The normalized spacial score (nSPS) is 51.9. The lowest BCUT2D eigenvalue weighted by Crippen LogP contribution is -2.55. The fourth-order valence-electron chi connectivity index (χ4n) is 8.82. The highest BCUT2D eigenvalue weighted by Gasteiger charge is 2.60. The highest BCUT2D eigenvalue weighted by molar-refractivity contribution is 5.10. The van der Waals surface area contributed by atoms with Crippen LogP contribution in [0.25, 0.3) is 0 Å². The van der Waals surface area contributed by atoms with Gasteiger partial charge in [0.15, 0.2) is 0 Å². The van der Waals surface area contributed by atoms with Gasteiger partial charge < -0.3 is 10.2 Å². The molecule has 0 bridgehead atoms. The number of rotatable bonds is 5. The Balaban J connectivity index is 1.45. The maximum Gasteiger partial charge on any atom is 0.0622 e. The lowest BCUT2D eigenvalue weighted by molar-refractivity contribution is -0.146. The van der Waals surface area contributed by atoms with Crippen molar-refractivity contribution in [1.82, 2.24) is 0 Å². The van der Waals surface area contributed by atoms with Gasteiger partial charge in [0.25, 0.3) is 0 Å². The fourth-order valence-corrected chi connectivity index (χ4v) is 8.82. The van der Waals surface area contributed by atoms with Crippen molar-refractivity contribution in [2.75, 3.05) is 0 Å². The van der Waals surface area contributed by atoms with Gasteiger partial charge >= 0.3 is 0 Å². The third-order valence-electron chi connectivity index (χ3n) is 10.7. The number of hydrogen-bond donors (Lipinski definition) is 2. The average Bonchev–Trinajstić information content (AvgIpc) is 2.98. The number of hydrogen-bond acceptors (Lipinski definition) is 2. The van der Waals surface area contributed by atoms with Gasteiger partial charge in [-0.25, -0.2) is 0 Å². The monoisotopic (exact) mass is 390 g/mol. The van der Waals surface area contributed by atoms with Crippen LogP contribution >= 0.6 is 0 Å². The van der Waals surface area contributed by atoms with Gasteiger partial charge in [-0.2, -0.15) is 0 Å². The van der Waals surface area contributed by atoms with Crippen molar-refractivity contribution in [2.45, 2.75) is 123 Å². The molecule has 2 N–H and O–H groups in total. The Morgan fingerprint density at radius 3 is 2.39 bits per heavy atom. The largest absolute Gasteiger partial charge is 0.393 e. The zero-order chi connectivity index (χ0) is 20.2. The Morgan fingerprint density at radius 1 is 0.893 bits per heavy atom. The van der Waals surface area contributed by atoms with Crippen LogP contribution in [0.5, 0.6) is 0 Å². The highest BCUT2D eigenvalue weighted by Crippen LogP contribution is 2.68. The molecule has 2 nitrogen and oxygen atoms in total. The van der Waals surface area contributed by atoms with Crippen LogP contribution in [0.15, 0.2) is 0 Å². The summed E-state index contributed by atoms with van der Waals surface area (Å²) in [7, 11) is 0. The molecule has 162 valence electrons. The van der Waals surface area contributed by atoms with E-state index in [1.54, 1.807) is 0 Å². The lowest BCUT2D eigenvalue weighted by atomic mass is 9.44. The van der Waals surface area contributed by atoms with Crippen LogP contribution in [-0.2, 0) is 0 Å². The van der Waals surface area contributed by atoms with Crippen molar-refractivity contribution in [1.29, 1.82) is 0 Å². The van der Waals surface area contributed by atoms with E-state index < -0.39 is 5.60 Å². The molecule has 4 aliphatic rings. The Kier molecular flexibility index (Phi) is 5.71. The van der Waals surface area contributed by atoms with E-state index in [0.29, 0.717) is 10.8 Å². The predicted octanol–water partition coefficient (Wildman–Crippen LogP) is 6.34. The molecule has 4 fully saturated rings. The van der Waals surface area contributed by atoms with Crippen LogP contribution in [0.2, 0.25) is 0 Å². The Morgan fingerprint density at radius 2 is 1.64 bits per heavy atom. The molecule has 0 spiro atoms. The van der Waals surface area contributed by atoms with Crippen molar-refractivity contribution in [3.05, 3.63) is 0 Å². The minimum absolute atomic E-state index is 0.0838. The zero-order valence-corrected chi connectivity index (χ0v) is 19.1. The fraction of sp³-hybridized carbons (Fsp3) is 1.00. The van der Waals surface area contributed by atoms with E-state index in [4.69, 9.17) is 0 Å². The average molecular weight is 391 g/mol. The Labute approximate surface area is 173 Å². The van der Waals surface area contributed by atoms with Crippen LogP contribution in [0.3, 0.4) is 0 Å². The molecule has 4 rings (SSSR count). The molecule has 2 heteroatoms. The van der Waals surface area contributed by atoms with Crippen molar-refractivity contribution in [3.63, 3.8) is 0 Å². The second-order valence-electron chi connectivity index (χ2n) is 12.2. The van der Waals surface area contributed by atoms with Gasteiger partial charge in [-0.1, -0.05) is 27.2 Å². The third-order valence-corrected chi connectivity index (χ3v) is 10.7. The van der Waals surface area contributed by atoms with Crippen LogP contribution in [0, 0.1) is 40.4 Å². The molecule has 9 atom stereocenters. The van der Waals surface area contributed by atoms with E-state index in [0.717, 1.165) is 55.3 Å². The summed E-state index contributed by atoms with van der Waals surface area (Å²) in [6.45, 7) is 9.42. The Bertz CT molecular complexity index is 557. The third kappa shape index (κ3) is 3.49. The summed E-state index contributed by atoms with van der Waals surface area (Å²) >= 11 is 0. The summed E-state index contributed by atoms with van der Waals surface area (Å²) in [6, 6.07) is 0. The number of aliphatic hydroxyl groups is 2. The standard InChI is InChI=1S/C26H46O2/c1-5-20(27)8-6-7-18-10-12-22-21-11-9-19-17-24(2,28)15-16-26(19,4)23(21)13-14-25(18,22)3/h18-23,27-28H,5-17H2,1-4H3/t18-,19?,20?,21?,22?,23?,24-,25?,26?/m0/s1. The SMILES string of the molecule is CCC(O)CCC[C@H]1CCC2C3CCC4C[C@@](C)(O)CCC4(C)C3CCC21C. The molecule has 4 aliphatic carbocycles. The van der Waals surface area contributed by atoms with Gasteiger partial charge in [0, 0.05) is 0 Å². The molecule has 28 heavy (non-hydrogen) atoms. The first-order valence-electron chi connectivity index (χ1n) is 12.6. The molecule has 7 unspecified atom stereocenters. The van der Waals surface area contributed by atoms with Crippen LogP contribution < -0.4 is 0 Å². The van der Waals surface area contributed by atoms with Crippen LogP contribution in [0.4, 0.5) is 0 Å². The summed E-state index contributed by atoms with van der Waals surface area (Å²) in [5.41, 5.74) is 0.624. The minimum Gasteiger partial charge on any atom is -0.393 e. The Hall–Kier alpha value is -0.0800. The minimum atomic E-state index is -0.415.